The number of hydrogen-bond donors (Lipinski definition) is 0. The summed E-state index contributed by atoms with van der Waals surface area (Å²) >= 11 is 1.56. The molecule has 0 N–H and O–H groups in total. The molecule has 2 aromatic carbocycles. The minimum Gasteiger partial charge on any atom is -0.244 e. The van der Waals surface area contributed by atoms with Gasteiger partial charge in [0, 0.05) is 6.17 Å². The van der Waals surface area contributed by atoms with E-state index in [4.69, 9.17) is 0 Å². The SMILES string of the molecule is CSc1ncnn1C[SiH2]C(c1ccc(F)cc1)c1ccc(F)cc1. The molecule has 0 fully saturated rings. The van der Waals surface area contributed by atoms with E-state index >= 15 is 0 Å². The fourth-order valence-electron chi connectivity index (χ4n) is 2.73. The van der Waals surface area contributed by atoms with Crippen LogP contribution >= 0.6 is 11.8 Å². The van der Waals surface area contributed by atoms with E-state index in [2.05, 4.69) is 10.1 Å². The molecular formula is C17H17F2N3SSi. The average molecular weight is 361 g/mol. The summed E-state index contributed by atoms with van der Waals surface area (Å²) in [6, 6.07) is 13.2. The molecule has 124 valence electrons. The fraction of sp³-hybridized carbons (Fsp3) is 0.176. The molecule has 3 rings (SSSR count). The molecule has 0 amide bonds. The van der Waals surface area contributed by atoms with E-state index in [-0.39, 0.29) is 17.2 Å². The number of benzene rings is 2. The van der Waals surface area contributed by atoms with Gasteiger partial charge in [-0.25, -0.2) is 18.4 Å². The maximum Gasteiger partial charge on any atom is 0.185 e. The van der Waals surface area contributed by atoms with Gasteiger partial charge in [0.05, 0.1) is 9.52 Å². The van der Waals surface area contributed by atoms with Crippen molar-refractivity contribution in [3.05, 3.63) is 77.6 Å². The lowest BCUT2D eigenvalue weighted by molar-refractivity contribution is 0.626. The summed E-state index contributed by atoms with van der Waals surface area (Å²) < 4.78 is 28.4. The Morgan fingerprint density at radius 2 is 1.54 bits per heavy atom. The summed E-state index contributed by atoms with van der Waals surface area (Å²) in [7, 11) is -0.693. The monoisotopic (exact) mass is 361 g/mol. The van der Waals surface area contributed by atoms with E-state index < -0.39 is 9.52 Å². The largest absolute Gasteiger partial charge is 0.244 e. The van der Waals surface area contributed by atoms with Crippen molar-refractivity contribution in [3.63, 3.8) is 0 Å². The summed E-state index contributed by atoms with van der Waals surface area (Å²) in [5, 5.41) is 5.16. The van der Waals surface area contributed by atoms with Gasteiger partial charge in [-0.2, -0.15) is 5.10 Å². The normalized spacial score (nSPS) is 11.7. The van der Waals surface area contributed by atoms with Crippen LogP contribution in [0.1, 0.15) is 16.7 Å². The Hall–Kier alpha value is -1.99. The molecule has 1 heterocycles. The molecule has 0 aliphatic heterocycles. The van der Waals surface area contributed by atoms with Crippen molar-refractivity contribution < 1.29 is 8.78 Å². The first kappa shape index (κ1) is 16.9. The van der Waals surface area contributed by atoms with Gasteiger partial charge in [-0.3, -0.25) is 0 Å². The van der Waals surface area contributed by atoms with Crippen molar-refractivity contribution in [3.8, 4) is 0 Å². The van der Waals surface area contributed by atoms with Gasteiger partial charge in [0.25, 0.3) is 0 Å². The zero-order valence-electron chi connectivity index (χ0n) is 13.2. The fourth-order valence-corrected chi connectivity index (χ4v) is 5.44. The lowest BCUT2D eigenvalue weighted by Gasteiger charge is -2.18. The van der Waals surface area contributed by atoms with Crippen molar-refractivity contribution in [1.82, 2.24) is 14.8 Å². The van der Waals surface area contributed by atoms with Crippen molar-refractivity contribution in [2.75, 3.05) is 6.26 Å². The van der Waals surface area contributed by atoms with Gasteiger partial charge >= 0.3 is 0 Å². The van der Waals surface area contributed by atoms with Crippen LogP contribution in [0.15, 0.2) is 60.0 Å². The summed E-state index contributed by atoms with van der Waals surface area (Å²) in [4.78, 5) is 4.22. The standard InChI is InChI=1S/C17H17F2N3SSi/c1-23-17-20-10-21-22(17)11-24-16(12-2-6-14(18)7-3-12)13-4-8-15(19)9-5-13/h2-10,16H,11,24H2,1H3. The predicted octanol–water partition coefficient (Wildman–Crippen LogP) is 3.19. The Labute approximate surface area is 145 Å². The van der Waals surface area contributed by atoms with Gasteiger partial charge < -0.3 is 0 Å². The van der Waals surface area contributed by atoms with Crippen LogP contribution in [-0.4, -0.2) is 30.5 Å². The third-order valence-corrected chi connectivity index (χ3v) is 6.82. The smallest absolute Gasteiger partial charge is 0.185 e. The van der Waals surface area contributed by atoms with E-state index in [9.17, 15) is 8.78 Å². The number of hydrogen-bond acceptors (Lipinski definition) is 3. The summed E-state index contributed by atoms with van der Waals surface area (Å²) in [5.74, 6) is -0.501. The highest BCUT2D eigenvalue weighted by Gasteiger charge is 2.16. The number of rotatable bonds is 6. The Bertz CT molecular complexity index is 745. The third-order valence-electron chi connectivity index (χ3n) is 3.94. The summed E-state index contributed by atoms with van der Waals surface area (Å²) in [6.45, 7) is 0. The number of thioether (sulfide) groups is 1. The Morgan fingerprint density at radius 1 is 1.00 bits per heavy atom. The van der Waals surface area contributed by atoms with Gasteiger partial charge in [0.2, 0.25) is 0 Å². The van der Waals surface area contributed by atoms with E-state index in [0.29, 0.717) is 0 Å². The van der Waals surface area contributed by atoms with Crippen LogP contribution in [0, 0.1) is 11.6 Å². The average Bonchev–Trinajstić information content (AvgIpc) is 3.05. The molecule has 0 saturated heterocycles. The Balaban J connectivity index is 1.87. The van der Waals surface area contributed by atoms with Crippen LogP contribution in [0.25, 0.3) is 0 Å². The maximum absolute atomic E-state index is 13.2. The first-order chi connectivity index (χ1) is 11.7. The van der Waals surface area contributed by atoms with Crippen LogP contribution in [0.3, 0.4) is 0 Å². The zero-order valence-corrected chi connectivity index (χ0v) is 15.4. The quantitative estimate of drug-likeness (QED) is 0.499. The van der Waals surface area contributed by atoms with Crippen molar-refractivity contribution in [1.29, 1.82) is 0 Å². The topological polar surface area (TPSA) is 30.7 Å². The number of aromatic nitrogens is 3. The van der Waals surface area contributed by atoms with Crippen LogP contribution in [0.2, 0.25) is 0 Å². The minimum absolute atomic E-state index is 0.171. The lowest BCUT2D eigenvalue weighted by atomic mass is 10.0. The van der Waals surface area contributed by atoms with Gasteiger partial charge in [-0.15, -0.1) is 0 Å². The molecule has 3 nitrogen and oxygen atoms in total. The second-order valence-corrected chi connectivity index (χ2v) is 8.03. The predicted molar refractivity (Wildman–Crippen MR) is 95.0 cm³/mol. The van der Waals surface area contributed by atoms with Crippen molar-refractivity contribution >= 4 is 21.3 Å². The highest BCUT2D eigenvalue weighted by molar-refractivity contribution is 7.98. The second-order valence-electron chi connectivity index (χ2n) is 5.41. The van der Waals surface area contributed by atoms with Crippen LogP contribution in [-0.2, 0) is 6.17 Å². The molecular weight excluding hydrogens is 344 g/mol. The molecule has 24 heavy (non-hydrogen) atoms. The van der Waals surface area contributed by atoms with E-state index in [1.165, 1.54) is 24.3 Å². The third kappa shape index (κ3) is 3.91. The van der Waals surface area contributed by atoms with E-state index in [1.807, 2.05) is 35.2 Å². The van der Waals surface area contributed by atoms with Crippen molar-refractivity contribution in [2.45, 2.75) is 16.9 Å². The van der Waals surface area contributed by atoms with E-state index in [1.54, 1.807) is 18.1 Å². The number of nitrogens with zero attached hydrogens (tertiary/aromatic N) is 3. The molecule has 7 heteroatoms. The molecule has 0 spiro atoms. The number of halogens is 2. The zero-order chi connectivity index (χ0) is 16.9. The first-order valence-electron chi connectivity index (χ1n) is 7.60. The minimum atomic E-state index is -0.693. The van der Waals surface area contributed by atoms with E-state index in [0.717, 1.165) is 22.5 Å². The Morgan fingerprint density at radius 3 is 2.04 bits per heavy atom. The molecule has 0 radical (unpaired) electrons. The summed E-state index contributed by atoms with van der Waals surface area (Å²) in [6.07, 6.45) is 4.35. The van der Waals surface area contributed by atoms with Crippen molar-refractivity contribution in [2.24, 2.45) is 0 Å². The molecule has 0 unspecified atom stereocenters. The highest BCUT2D eigenvalue weighted by Crippen LogP contribution is 2.25. The molecule has 1 aromatic heterocycles. The van der Waals surface area contributed by atoms with Gasteiger partial charge in [0.15, 0.2) is 5.16 Å². The summed E-state index contributed by atoms with van der Waals surface area (Å²) in [5.41, 5.74) is 2.28. The first-order valence-corrected chi connectivity index (χ1v) is 10.6. The van der Waals surface area contributed by atoms with Crippen LogP contribution in [0.4, 0.5) is 8.78 Å². The van der Waals surface area contributed by atoms with Gasteiger partial charge in [-0.1, -0.05) is 36.0 Å². The van der Waals surface area contributed by atoms with Crippen LogP contribution in [0.5, 0.6) is 0 Å². The molecule has 0 aliphatic carbocycles. The molecule has 0 aliphatic rings. The molecule has 0 saturated carbocycles. The molecule has 0 bridgehead atoms. The lowest BCUT2D eigenvalue weighted by Crippen LogP contribution is -2.18. The maximum atomic E-state index is 13.2. The molecule has 0 atom stereocenters. The molecule has 3 aromatic rings. The van der Waals surface area contributed by atoms with Gasteiger partial charge in [-0.05, 0) is 47.2 Å². The highest BCUT2D eigenvalue weighted by atomic mass is 32.2. The van der Waals surface area contributed by atoms with Crippen LogP contribution < -0.4 is 0 Å². The Kier molecular flexibility index (Phi) is 5.42. The van der Waals surface area contributed by atoms with Gasteiger partial charge in [0.1, 0.15) is 18.0 Å². The second kappa shape index (κ2) is 7.72.